The van der Waals surface area contributed by atoms with Gasteiger partial charge in [0.05, 0.1) is 31.0 Å². The first-order valence-electron chi connectivity index (χ1n) is 11.3. The maximum absolute atomic E-state index is 12.5. The van der Waals surface area contributed by atoms with Crippen molar-refractivity contribution in [3.63, 3.8) is 0 Å². The van der Waals surface area contributed by atoms with Crippen LogP contribution in [0.1, 0.15) is 36.9 Å². The minimum absolute atomic E-state index is 0.206. The van der Waals surface area contributed by atoms with Gasteiger partial charge in [0.25, 0.3) is 5.91 Å². The summed E-state index contributed by atoms with van der Waals surface area (Å²) < 4.78 is 22.1. The Bertz CT molecular complexity index is 1470. The SMILES string of the molecule is COc1cc(Oc2ccnc3cc(OC)c(C(N)=O)cc23)ccc1NC(=O)Nc1cc(C(C)(C)C)on1. The molecule has 37 heavy (non-hydrogen) atoms. The number of pyridine rings is 1. The number of amides is 3. The molecule has 0 radical (unpaired) electrons. The van der Waals surface area contributed by atoms with Crippen molar-refractivity contribution in [2.75, 3.05) is 24.9 Å². The fourth-order valence-electron chi connectivity index (χ4n) is 3.52. The highest BCUT2D eigenvalue weighted by molar-refractivity contribution is 6.01. The van der Waals surface area contributed by atoms with Crippen molar-refractivity contribution in [1.82, 2.24) is 10.1 Å². The molecule has 4 aromatic rings. The van der Waals surface area contributed by atoms with E-state index in [1.54, 1.807) is 48.7 Å². The lowest BCUT2D eigenvalue weighted by Gasteiger charge is -2.14. The number of urea groups is 1. The van der Waals surface area contributed by atoms with Crippen LogP contribution < -0.4 is 30.6 Å². The second kappa shape index (κ2) is 10.1. The van der Waals surface area contributed by atoms with E-state index in [0.717, 1.165) is 0 Å². The molecule has 0 aliphatic carbocycles. The van der Waals surface area contributed by atoms with Crippen LogP contribution in [0.2, 0.25) is 0 Å². The molecule has 2 aromatic heterocycles. The van der Waals surface area contributed by atoms with Gasteiger partial charge in [0, 0.05) is 35.2 Å². The van der Waals surface area contributed by atoms with Crippen LogP contribution in [0, 0.1) is 0 Å². The van der Waals surface area contributed by atoms with Crippen LogP contribution in [-0.2, 0) is 5.41 Å². The predicted octanol–water partition coefficient (Wildman–Crippen LogP) is 5.07. The van der Waals surface area contributed by atoms with Gasteiger partial charge in [0.2, 0.25) is 0 Å². The monoisotopic (exact) mass is 505 g/mol. The number of rotatable bonds is 7. The second-order valence-corrected chi connectivity index (χ2v) is 9.11. The third-order valence-corrected chi connectivity index (χ3v) is 5.43. The number of nitrogens with two attached hydrogens (primary N) is 1. The second-order valence-electron chi connectivity index (χ2n) is 9.11. The van der Waals surface area contributed by atoms with Crippen LogP contribution in [0.15, 0.2) is 53.2 Å². The predicted molar refractivity (Wildman–Crippen MR) is 138 cm³/mol. The number of aromatic nitrogens is 2. The number of hydrogen-bond acceptors (Lipinski definition) is 8. The van der Waals surface area contributed by atoms with Crippen LogP contribution in [0.25, 0.3) is 10.9 Å². The Kier molecular flexibility index (Phi) is 6.87. The van der Waals surface area contributed by atoms with Gasteiger partial charge in [-0.15, -0.1) is 0 Å². The summed E-state index contributed by atoms with van der Waals surface area (Å²) in [5, 5.41) is 9.81. The summed E-state index contributed by atoms with van der Waals surface area (Å²) in [6, 6.07) is 10.9. The summed E-state index contributed by atoms with van der Waals surface area (Å²) in [6.07, 6.45) is 1.58. The molecule has 3 amide bonds. The number of nitrogens with zero attached hydrogens (tertiary/aromatic N) is 2. The smallest absolute Gasteiger partial charge is 0.325 e. The van der Waals surface area contributed by atoms with Crippen LogP contribution in [0.3, 0.4) is 0 Å². The molecule has 0 saturated heterocycles. The van der Waals surface area contributed by atoms with E-state index in [0.29, 0.717) is 45.3 Å². The Hall–Kier alpha value is -4.80. The van der Waals surface area contributed by atoms with Gasteiger partial charge in [-0.25, -0.2) is 4.79 Å². The number of ether oxygens (including phenoxy) is 3. The highest BCUT2D eigenvalue weighted by atomic mass is 16.5. The van der Waals surface area contributed by atoms with Gasteiger partial charge >= 0.3 is 6.03 Å². The van der Waals surface area contributed by atoms with Crippen molar-refractivity contribution in [3.05, 3.63) is 60.0 Å². The third kappa shape index (κ3) is 5.56. The van der Waals surface area contributed by atoms with E-state index in [2.05, 4.69) is 20.8 Å². The Morgan fingerprint density at radius 1 is 0.946 bits per heavy atom. The van der Waals surface area contributed by atoms with Gasteiger partial charge in [-0.1, -0.05) is 25.9 Å². The molecular formula is C26H27N5O6. The molecule has 0 aliphatic rings. The van der Waals surface area contributed by atoms with Gasteiger partial charge in [0.1, 0.15) is 28.8 Å². The zero-order valence-electron chi connectivity index (χ0n) is 21.0. The van der Waals surface area contributed by atoms with E-state index in [4.69, 9.17) is 24.5 Å². The molecule has 192 valence electrons. The normalized spacial score (nSPS) is 11.2. The number of carbonyl (C=O) groups is 2. The number of anilines is 2. The highest BCUT2D eigenvalue weighted by Crippen LogP contribution is 2.36. The Labute approximate surface area is 212 Å². The molecule has 0 fully saturated rings. The molecule has 0 bridgehead atoms. The minimum atomic E-state index is -0.635. The Balaban J connectivity index is 1.54. The first-order chi connectivity index (χ1) is 17.6. The number of primary amides is 1. The average Bonchev–Trinajstić information content (AvgIpc) is 3.33. The summed E-state index contributed by atoms with van der Waals surface area (Å²) in [5.74, 6) is 1.85. The minimum Gasteiger partial charge on any atom is -0.496 e. The lowest BCUT2D eigenvalue weighted by molar-refractivity contribution is 0.0997. The lowest BCUT2D eigenvalue weighted by Crippen LogP contribution is -2.20. The summed E-state index contributed by atoms with van der Waals surface area (Å²) in [7, 11) is 2.92. The Morgan fingerprint density at radius 2 is 1.70 bits per heavy atom. The molecule has 2 heterocycles. The molecular weight excluding hydrogens is 478 g/mol. The van der Waals surface area contributed by atoms with E-state index in [1.165, 1.54) is 14.2 Å². The fourth-order valence-corrected chi connectivity index (χ4v) is 3.52. The molecule has 0 spiro atoms. The first-order valence-corrected chi connectivity index (χ1v) is 11.3. The fraction of sp³-hybridized carbons (Fsp3) is 0.231. The molecule has 4 N–H and O–H groups in total. The van der Waals surface area contributed by atoms with E-state index >= 15 is 0 Å². The summed E-state index contributed by atoms with van der Waals surface area (Å²) >= 11 is 0. The largest absolute Gasteiger partial charge is 0.496 e. The van der Waals surface area contributed by atoms with Crippen LogP contribution in [0.5, 0.6) is 23.0 Å². The molecule has 4 rings (SSSR count). The number of hydrogen-bond donors (Lipinski definition) is 3. The number of fused-ring (bicyclic) bond motifs is 1. The Morgan fingerprint density at radius 3 is 2.35 bits per heavy atom. The average molecular weight is 506 g/mol. The molecule has 0 saturated carbocycles. The van der Waals surface area contributed by atoms with Gasteiger partial charge in [-0.3, -0.25) is 15.1 Å². The van der Waals surface area contributed by atoms with Crippen molar-refractivity contribution in [3.8, 4) is 23.0 Å². The topological polar surface area (TPSA) is 151 Å². The highest BCUT2D eigenvalue weighted by Gasteiger charge is 2.21. The molecule has 0 atom stereocenters. The van der Waals surface area contributed by atoms with Gasteiger partial charge < -0.3 is 29.8 Å². The zero-order valence-corrected chi connectivity index (χ0v) is 21.0. The van der Waals surface area contributed by atoms with Gasteiger partial charge in [0.15, 0.2) is 5.82 Å². The van der Waals surface area contributed by atoms with E-state index < -0.39 is 11.9 Å². The molecule has 0 aliphatic heterocycles. The van der Waals surface area contributed by atoms with Crippen LogP contribution in [0.4, 0.5) is 16.3 Å². The molecule has 2 aromatic carbocycles. The van der Waals surface area contributed by atoms with Crippen molar-refractivity contribution in [1.29, 1.82) is 0 Å². The third-order valence-electron chi connectivity index (χ3n) is 5.43. The van der Waals surface area contributed by atoms with E-state index in [1.807, 2.05) is 20.8 Å². The van der Waals surface area contributed by atoms with Crippen molar-refractivity contribution in [2.24, 2.45) is 5.73 Å². The quantitative estimate of drug-likeness (QED) is 0.315. The van der Waals surface area contributed by atoms with Crippen molar-refractivity contribution >= 4 is 34.3 Å². The molecule has 11 nitrogen and oxygen atoms in total. The zero-order chi connectivity index (χ0) is 26.7. The van der Waals surface area contributed by atoms with Crippen molar-refractivity contribution in [2.45, 2.75) is 26.2 Å². The molecule has 0 unspecified atom stereocenters. The summed E-state index contributed by atoms with van der Waals surface area (Å²) in [4.78, 5) is 28.7. The number of methoxy groups -OCH3 is 2. The van der Waals surface area contributed by atoms with E-state index in [9.17, 15) is 9.59 Å². The lowest BCUT2D eigenvalue weighted by atomic mass is 9.93. The number of benzene rings is 2. The van der Waals surface area contributed by atoms with Crippen LogP contribution >= 0.6 is 0 Å². The maximum Gasteiger partial charge on any atom is 0.325 e. The standard InChI is InChI=1S/C26H27N5O6/c1-26(2,3)22-13-23(31-37-22)30-25(33)29-17-7-6-14(10-21(17)35-5)36-19-8-9-28-18-12-20(34-4)16(24(27)32)11-15(18)19/h6-13H,1-5H3,(H2,27,32)(H2,29,30,31,33). The first kappa shape index (κ1) is 25.3. The van der Waals surface area contributed by atoms with Crippen LogP contribution in [-0.4, -0.2) is 36.3 Å². The maximum atomic E-state index is 12.5. The summed E-state index contributed by atoms with van der Waals surface area (Å²) in [5.41, 5.74) is 6.44. The number of nitrogens with one attached hydrogen (secondary N) is 2. The van der Waals surface area contributed by atoms with Crippen molar-refractivity contribution < 1.29 is 28.3 Å². The van der Waals surface area contributed by atoms with E-state index in [-0.39, 0.29) is 16.8 Å². The van der Waals surface area contributed by atoms with Gasteiger partial charge in [-0.2, -0.15) is 0 Å². The molecule has 11 heteroatoms. The number of carbonyl (C=O) groups excluding carboxylic acids is 2. The summed E-state index contributed by atoms with van der Waals surface area (Å²) in [6.45, 7) is 5.94. The van der Waals surface area contributed by atoms with Gasteiger partial charge in [-0.05, 0) is 24.3 Å².